The quantitative estimate of drug-likeness (QED) is 0.354. The van der Waals surface area contributed by atoms with E-state index in [-0.39, 0.29) is 30.1 Å². The maximum atomic E-state index is 5.77. The number of hydrogen-bond donors (Lipinski definition) is 2. The molecule has 0 fully saturated rings. The molecule has 7 heteroatoms. The highest BCUT2D eigenvalue weighted by atomic mass is 127. The minimum Gasteiger partial charge on any atom is -0.378 e. The van der Waals surface area contributed by atoms with Crippen LogP contribution in [0.5, 0.6) is 0 Å². The summed E-state index contributed by atoms with van der Waals surface area (Å²) in [6.45, 7) is 11.6. The molecule has 1 unspecified atom stereocenters. The van der Waals surface area contributed by atoms with E-state index in [1.165, 1.54) is 0 Å². The van der Waals surface area contributed by atoms with E-state index in [9.17, 15) is 0 Å². The van der Waals surface area contributed by atoms with E-state index in [2.05, 4.69) is 41.5 Å². The lowest BCUT2D eigenvalue weighted by Crippen LogP contribution is -2.39. The van der Waals surface area contributed by atoms with Crippen molar-refractivity contribution in [3.05, 3.63) is 18.0 Å². The zero-order valence-corrected chi connectivity index (χ0v) is 17.3. The lowest BCUT2D eigenvalue weighted by molar-refractivity contribution is 0.0258. The molecule has 1 aromatic rings. The van der Waals surface area contributed by atoms with Crippen molar-refractivity contribution in [3.63, 3.8) is 0 Å². The number of aryl methyl sites for hydroxylation is 1. The van der Waals surface area contributed by atoms with E-state index in [1.54, 1.807) is 6.20 Å². The summed E-state index contributed by atoms with van der Waals surface area (Å²) in [6.07, 6.45) is 3.06. The summed E-state index contributed by atoms with van der Waals surface area (Å²) >= 11 is 0. The Hall–Kier alpha value is -0.830. The van der Waals surface area contributed by atoms with Crippen molar-refractivity contribution in [1.29, 1.82) is 0 Å². The Morgan fingerprint density at radius 2 is 2.09 bits per heavy atom. The molecule has 23 heavy (non-hydrogen) atoms. The second-order valence-corrected chi connectivity index (χ2v) is 5.59. The number of hydrogen-bond acceptors (Lipinski definition) is 3. The van der Waals surface area contributed by atoms with Crippen LogP contribution in [-0.4, -0.2) is 41.5 Å². The Morgan fingerprint density at radius 1 is 1.35 bits per heavy atom. The van der Waals surface area contributed by atoms with Gasteiger partial charge in [-0.2, -0.15) is 5.10 Å². The number of aromatic nitrogens is 2. The van der Waals surface area contributed by atoms with Gasteiger partial charge in [0.25, 0.3) is 0 Å². The van der Waals surface area contributed by atoms with E-state index in [0.29, 0.717) is 12.5 Å². The highest BCUT2D eigenvalue weighted by Crippen LogP contribution is 2.09. The summed E-state index contributed by atoms with van der Waals surface area (Å²) in [5.74, 6) is 1.36. The SMILES string of the molecule is CCNC(=NCc1ccnn1C)NCCC(OCC)C(C)C.I. The van der Waals surface area contributed by atoms with Crippen LogP contribution in [0.3, 0.4) is 0 Å². The smallest absolute Gasteiger partial charge is 0.191 e. The van der Waals surface area contributed by atoms with E-state index >= 15 is 0 Å². The molecule has 0 spiro atoms. The van der Waals surface area contributed by atoms with Crippen LogP contribution in [0.4, 0.5) is 0 Å². The zero-order valence-electron chi connectivity index (χ0n) is 15.0. The predicted molar refractivity (Wildman–Crippen MR) is 106 cm³/mol. The first-order valence-electron chi connectivity index (χ1n) is 8.19. The first-order chi connectivity index (χ1) is 10.6. The summed E-state index contributed by atoms with van der Waals surface area (Å²) in [7, 11) is 1.93. The summed E-state index contributed by atoms with van der Waals surface area (Å²) in [5, 5.41) is 10.8. The van der Waals surface area contributed by atoms with Crippen LogP contribution in [0.1, 0.15) is 39.8 Å². The number of guanidine groups is 1. The van der Waals surface area contributed by atoms with Gasteiger partial charge in [-0.3, -0.25) is 4.68 Å². The maximum Gasteiger partial charge on any atom is 0.191 e. The fraction of sp³-hybridized carbons (Fsp3) is 0.750. The molecule has 0 saturated heterocycles. The van der Waals surface area contributed by atoms with Crippen molar-refractivity contribution in [1.82, 2.24) is 20.4 Å². The van der Waals surface area contributed by atoms with E-state index in [1.807, 2.05) is 24.7 Å². The minimum absolute atomic E-state index is 0. The topological polar surface area (TPSA) is 63.5 Å². The summed E-state index contributed by atoms with van der Waals surface area (Å²) in [6, 6.07) is 1.98. The van der Waals surface area contributed by atoms with Crippen LogP contribution >= 0.6 is 24.0 Å². The van der Waals surface area contributed by atoms with Gasteiger partial charge in [-0.15, -0.1) is 24.0 Å². The molecule has 1 heterocycles. The molecule has 0 aliphatic rings. The molecule has 1 aromatic heterocycles. The molecule has 2 N–H and O–H groups in total. The highest BCUT2D eigenvalue weighted by Gasteiger charge is 2.12. The molecule has 6 nitrogen and oxygen atoms in total. The second kappa shape index (κ2) is 12.6. The molecule has 1 rings (SSSR count). The average Bonchev–Trinajstić information content (AvgIpc) is 2.89. The maximum absolute atomic E-state index is 5.77. The van der Waals surface area contributed by atoms with Crippen LogP contribution in [0, 0.1) is 5.92 Å². The molecule has 0 radical (unpaired) electrons. The lowest BCUT2D eigenvalue weighted by atomic mass is 10.0. The van der Waals surface area contributed by atoms with Crippen molar-refractivity contribution in [2.24, 2.45) is 18.0 Å². The number of aliphatic imine (C=N–C) groups is 1. The highest BCUT2D eigenvalue weighted by molar-refractivity contribution is 14.0. The molecule has 0 bridgehead atoms. The molecule has 1 atom stereocenters. The van der Waals surface area contributed by atoms with Crippen LogP contribution in [0.25, 0.3) is 0 Å². The Morgan fingerprint density at radius 3 is 2.61 bits per heavy atom. The third-order valence-corrected chi connectivity index (χ3v) is 3.51. The largest absolute Gasteiger partial charge is 0.378 e. The van der Waals surface area contributed by atoms with Crippen molar-refractivity contribution in [2.45, 2.75) is 46.8 Å². The number of rotatable bonds is 9. The van der Waals surface area contributed by atoms with Gasteiger partial charge >= 0.3 is 0 Å². The number of ether oxygens (including phenoxy) is 1. The number of nitrogens with one attached hydrogen (secondary N) is 2. The molecule has 0 amide bonds. The summed E-state index contributed by atoms with van der Waals surface area (Å²) < 4.78 is 7.61. The molecule has 134 valence electrons. The van der Waals surface area contributed by atoms with Crippen LogP contribution in [-0.2, 0) is 18.3 Å². The van der Waals surface area contributed by atoms with E-state index < -0.39 is 0 Å². The Balaban J connectivity index is 0.00000484. The fourth-order valence-corrected chi connectivity index (χ4v) is 2.21. The van der Waals surface area contributed by atoms with Crippen molar-refractivity contribution in [2.75, 3.05) is 19.7 Å². The molecule has 0 saturated carbocycles. The third-order valence-electron chi connectivity index (χ3n) is 3.51. The Bertz CT molecular complexity index is 447. The molecule has 0 aliphatic heterocycles. The second-order valence-electron chi connectivity index (χ2n) is 5.59. The monoisotopic (exact) mass is 437 g/mol. The van der Waals surface area contributed by atoms with Gasteiger partial charge < -0.3 is 15.4 Å². The van der Waals surface area contributed by atoms with Gasteiger partial charge in [0.1, 0.15) is 0 Å². The third kappa shape index (κ3) is 8.55. The minimum atomic E-state index is 0. The summed E-state index contributed by atoms with van der Waals surface area (Å²) in [5.41, 5.74) is 1.09. The number of halogens is 1. The van der Waals surface area contributed by atoms with Gasteiger partial charge in [0.05, 0.1) is 18.3 Å². The molecule has 0 aliphatic carbocycles. The first kappa shape index (κ1) is 22.2. The van der Waals surface area contributed by atoms with Crippen LogP contribution in [0.2, 0.25) is 0 Å². The van der Waals surface area contributed by atoms with Gasteiger partial charge in [-0.1, -0.05) is 13.8 Å². The Kier molecular flexibility index (Phi) is 12.1. The zero-order chi connectivity index (χ0) is 16.4. The van der Waals surface area contributed by atoms with Crippen molar-refractivity contribution < 1.29 is 4.74 Å². The fourth-order valence-electron chi connectivity index (χ4n) is 2.21. The Labute approximate surface area is 157 Å². The standard InChI is InChI=1S/C16H31N5O.HI/c1-6-17-16(19-12-14-8-11-20-21(14)5)18-10-9-15(13(3)4)22-7-2;/h8,11,13,15H,6-7,9-10,12H2,1-5H3,(H2,17,18,19);1H. The molecular formula is C16H32IN5O. The molecule has 0 aromatic carbocycles. The first-order valence-corrected chi connectivity index (χ1v) is 8.19. The number of nitrogens with zero attached hydrogens (tertiary/aromatic N) is 3. The van der Waals surface area contributed by atoms with Gasteiger partial charge in [-0.25, -0.2) is 4.99 Å². The van der Waals surface area contributed by atoms with E-state index in [0.717, 1.165) is 37.8 Å². The van der Waals surface area contributed by atoms with Crippen LogP contribution in [0.15, 0.2) is 17.3 Å². The van der Waals surface area contributed by atoms with Gasteiger partial charge in [0, 0.05) is 32.9 Å². The van der Waals surface area contributed by atoms with Crippen molar-refractivity contribution >= 4 is 29.9 Å². The predicted octanol–water partition coefficient (Wildman–Crippen LogP) is 2.54. The average molecular weight is 437 g/mol. The van der Waals surface area contributed by atoms with E-state index in [4.69, 9.17) is 4.74 Å². The molecular weight excluding hydrogens is 405 g/mol. The van der Waals surface area contributed by atoms with Gasteiger partial charge in [-0.05, 0) is 32.3 Å². The van der Waals surface area contributed by atoms with Gasteiger partial charge in [0.15, 0.2) is 5.96 Å². The van der Waals surface area contributed by atoms with Gasteiger partial charge in [0.2, 0.25) is 0 Å². The van der Waals surface area contributed by atoms with Crippen LogP contribution < -0.4 is 10.6 Å². The summed E-state index contributed by atoms with van der Waals surface area (Å²) in [4.78, 5) is 4.60. The van der Waals surface area contributed by atoms with Crippen molar-refractivity contribution in [3.8, 4) is 0 Å². The normalized spacial score (nSPS) is 12.9. The lowest BCUT2D eigenvalue weighted by Gasteiger charge is -2.21.